The Bertz CT molecular complexity index is 395. The fraction of sp³-hybridized carbons (Fsp3) is 0.600. The maximum atomic E-state index is 11.5. The summed E-state index contributed by atoms with van der Waals surface area (Å²) in [6, 6.07) is -2.31. The number of thiol groups is 1. The first-order chi connectivity index (χ1) is 9.27. The molecular formula is C10H15CuN3O6S. The fourth-order valence-electron chi connectivity index (χ4n) is 1.15. The summed E-state index contributed by atoms with van der Waals surface area (Å²) in [6.07, 6.45) is -0.360. The fourth-order valence-corrected chi connectivity index (χ4v) is 1.40. The maximum Gasteiger partial charge on any atom is 2.00 e. The van der Waals surface area contributed by atoms with Gasteiger partial charge < -0.3 is 36.2 Å². The van der Waals surface area contributed by atoms with Gasteiger partial charge in [0.15, 0.2) is 0 Å². The zero-order chi connectivity index (χ0) is 15.7. The van der Waals surface area contributed by atoms with E-state index in [0.717, 1.165) is 0 Å². The van der Waals surface area contributed by atoms with Gasteiger partial charge in [-0.15, -0.1) is 0 Å². The molecule has 0 aromatic carbocycles. The van der Waals surface area contributed by atoms with Gasteiger partial charge in [-0.25, -0.2) is 0 Å². The third-order valence-electron chi connectivity index (χ3n) is 2.23. The summed E-state index contributed by atoms with van der Waals surface area (Å²) in [5.74, 6) is -4.35. The molecule has 11 heteroatoms. The van der Waals surface area contributed by atoms with Crippen LogP contribution in [0.3, 0.4) is 0 Å². The maximum absolute atomic E-state index is 11.5. The molecule has 0 spiro atoms. The Hall–Kier alpha value is -1.29. The van der Waals surface area contributed by atoms with E-state index in [2.05, 4.69) is 17.9 Å². The molecule has 21 heavy (non-hydrogen) atoms. The number of amides is 2. The molecule has 0 aliphatic carbocycles. The molecule has 0 heterocycles. The number of nitrogens with two attached hydrogens (primary N) is 1. The monoisotopic (exact) mass is 368 g/mol. The second kappa shape index (κ2) is 11.4. The minimum Gasteiger partial charge on any atom is -0.548 e. The molecule has 0 rings (SSSR count). The normalized spacial score (nSPS) is 12.5. The molecule has 1 radical (unpaired) electrons. The van der Waals surface area contributed by atoms with Crippen LogP contribution < -0.4 is 26.6 Å². The minimum absolute atomic E-state index is 0. The van der Waals surface area contributed by atoms with E-state index in [-0.39, 0.29) is 35.7 Å². The molecule has 0 saturated heterocycles. The summed E-state index contributed by atoms with van der Waals surface area (Å²) in [5, 5.41) is 24.8. The van der Waals surface area contributed by atoms with Gasteiger partial charge >= 0.3 is 17.1 Å². The SMILES string of the molecule is NC(CCC(=O)NC(CS)C(=O)NCC(=O)[O-])C(=O)[O-].[Cu+2]. The van der Waals surface area contributed by atoms with Crippen molar-refractivity contribution in [1.29, 1.82) is 0 Å². The second-order valence-electron chi connectivity index (χ2n) is 3.86. The van der Waals surface area contributed by atoms with Crippen LogP contribution >= 0.6 is 12.6 Å². The van der Waals surface area contributed by atoms with Crippen LogP contribution in [-0.4, -0.2) is 48.1 Å². The summed E-state index contributed by atoms with van der Waals surface area (Å²) >= 11 is 3.85. The predicted molar refractivity (Wildman–Crippen MR) is 66.0 cm³/mol. The molecule has 9 nitrogen and oxygen atoms in total. The van der Waals surface area contributed by atoms with E-state index in [0.29, 0.717) is 0 Å². The van der Waals surface area contributed by atoms with Crippen molar-refractivity contribution < 1.29 is 46.5 Å². The van der Waals surface area contributed by atoms with Crippen LogP contribution in [0.5, 0.6) is 0 Å². The van der Waals surface area contributed by atoms with E-state index >= 15 is 0 Å². The van der Waals surface area contributed by atoms with Gasteiger partial charge in [-0.3, -0.25) is 9.59 Å². The third-order valence-corrected chi connectivity index (χ3v) is 2.59. The standard InChI is InChI=1S/C10H17N3O6S.Cu/c11-5(10(18)19)1-2-7(14)13-6(4-20)9(17)12-3-8(15)16;/h5-6,20H,1-4,11H2,(H,12,17)(H,13,14)(H,15,16)(H,18,19);/q;+2/p-2. The van der Waals surface area contributed by atoms with Crippen LogP contribution in [0.15, 0.2) is 0 Å². The van der Waals surface area contributed by atoms with Crippen molar-refractivity contribution in [2.24, 2.45) is 5.73 Å². The molecular weight excluding hydrogens is 354 g/mol. The quantitative estimate of drug-likeness (QED) is 0.234. The molecule has 0 aliphatic heterocycles. The van der Waals surface area contributed by atoms with Crippen LogP contribution in [0.1, 0.15) is 12.8 Å². The number of hydrogen-bond donors (Lipinski definition) is 4. The van der Waals surface area contributed by atoms with E-state index in [9.17, 15) is 29.4 Å². The van der Waals surface area contributed by atoms with E-state index in [1.165, 1.54) is 0 Å². The second-order valence-corrected chi connectivity index (χ2v) is 4.22. The Balaban J connectivity index is 0. The van der Waals surface area contributed by atoms with Gasteiger partial charge in [-0.1, -0.05) is 0 Å². The number of aliphatic carboxylic acids is 2. The number of carboxylic acids is 2. The molecule has 123 valence electrons. The summed E-state index contributed by atoms with van der Waals surface area (Å²) in [7, 11) is 0. The van der Waals surface area contributed by atoms with Crippen LogP contribution in [0, 0.1) is 0 Å². The summed E-state index contributed by atoms with van der Waals surface area (Å²) in [5.41, 5.74) is 5.16. The van der Waals surface area contributed by atoms with Gasteiger partial charge in [0.05, 0.1) is 18.5 Å². The number of hydrogen-bond acceptors (Lipinski definition) is 8. The van der Waals surface area contributed by atoms with E-state index < -0.39 is 42.4 Å². The zero-order valence-corrected chi connectivity index (χ0v) is 12.6. The van der Waals surface area contributed by atoms with Gasteiger partial charge in [0.25, 0.3) is 0 Å². The van der Waals surface area contributed by atoms with Crippen LogP contribution in [-0.2, 0) is 36.2 Å². The molecule has 2 amide bonds. The number of carboxylic acid groups (broad SMARTS) is 2. The smallest absolute Gasteiger partial charge is 0.548 e. The molecule has 0 aliphatic rings. The zero-order valence-electron chi connectivity index (χ0n) is 10.8. The topological polar surface area (TPSA) is 164 Å². The Labute approximate surface area is 136 Å². The van der Waals surface area contributed by atoms with E-state index in [1.54, 1.807) is 0 Å². The van der Waals surface area contributed by atoms with Crippen molar-refractivity contribution in [2.75, 3.05) is 12.3 Å². The Morgan fingerprint density at radius 2 is 1.76 bits per heavy atom. The first kappa shape index (κ1) is 22.0. The van der Waals surface area contributed by atoms with Gasteiger partial charge in [0, 0.05) is 18.2 Å². The molecule has 0 fully saturated rings. The molecule has 0 aromatic heterocycles. The van der Waals surface area contributed by atoms with Crippen molar-refractivity contribution in [3.63, 3.8) is 0 Å². The van der Waals surface area contributed by atoms with Gasteiger partial charge in [0.2, 0.25) is 11.8 Å². The predicted octanol–water partition coefficient (Wildman–Crippen LogP) is -4.88. The van der Waals surface area contributed by atoms with Crippen LogP contribution in [0.2, 0.25) is 0 Å². The van der Waals surface area contributed by atoms with Gasteiger partial charge in [-0.2, -0.15) is 12.6 Å². The Kier molecular flexibility index (Phi) is 11.9. The molecule has 4 N–H and O–H groups in total. The van der Waals surface area contributed by atoms with Crippen molar-refractivity contribution in [3.8, 4) is 0 Å². The average Bonchev–Trinajstić information content (AvgIpc) is 2.38. The molecule has 2 unspecified atom stereocenters. The molecule has 0 saturated carbocycles. The minimum atomic E-state index is -1.48. The first-order valence-corrected chi connectivity index (χ1v) is 6.25. The number of rotatable bonds is 9. The molecule has 0 bridgehead atoms. The average molecular weight is 369 g/mol. The molecule has 0 aromatic rings. The summed E-state index contributed by atoms with van der Waals surface area (Å²) in [6.45, 7) is -0.686. The first-order valence-electron chi connectivity index (χ1n) is 5.62. The number of carbonyl (C=O) groups excluding carboxylic acids is 4. The van der Waals surface area contributed by atoms with Gasteiger partial charge in [-0.05, 0) is 6.42 Å². The summed E-state index contributed by atoms with van der Waals surface area (Å²) in [4.78, 5) is 43.4. The van der Waals surface area contributed by atoms with Crippen molar-refractivity contribution in [3.05, 3.63) is 0 Å². The third kappa shape index (κ3) is 10.1. The van der Waals surface area contributed by atoms with Crippen molar-refractivity contribution >= 4 is 36.4 Å². The number of nitrogens with one attached hydrogen (secondary N) is 2. The number of carbonyl (C=O) groups is 4. The Morgan fingerprint density at radius 3 is 2.19 bits per heavy atom. The summed E-state index contributed by atoms with van der Waals surface area (Å²) < 4.78 is 0. The Morgan fingerprint density at radius 1 is 1.19 bits per heavy atom. The largest absolute Gasteiger partial charge is 2.00 e. The van der Waals surface area contributed by atoms with Gasteiger partial charge in [0.1, 0.15) is 6.04 Å². The van der Waals surface area contributed by atoms with E-state index in [4.69, 9.17) is 5.73 Å². The van der Waals surface area contributed by atoms with Crippen molar-refractivity contribution in [2.45, 2.75) is 24.9 Å². The molecule has 2 atom stereocenters. The van der Waals surface area contributed by atoms with E-state index in [1.807, 2.05) is 5.32 Å². The van der Waals surface area contributed by atoms with Crippen LogP contribution in [0.25, 0.3) is 0 Å². The van der Waals surface area contributed by atoms with Crippen molar-refractivity contribution in [1.82, 2.24) is 10.6 Å². The van der Waals surface area contributed by atoms with Crippen LogP contribution in [0.4, 0.5) is 0 Å².